The SMILES string of the molecule is CC(=O)N1CCc2cc(S(=O)(=O)NC(CC(C)C)C(=O)Nc3cc(C)ccc3C)ccc21. The fourth-order valence-electron chi connectivity index (χ4n) is 3.90. The van der Waals surface area contributed by atoms with E-state index in [-0.39, 0.29) is 22.6 Å². The van der Waals surface area contributed by atoms with Crippen LogP contribution in [-0.2, 0) is 26.0 Å². The lowest BCUT2D eigenvalue weighted by molar-refractivity contribution is -0.118. The molecule has 0 saturated heterocycles. The molecule has 8 heteroatoms. The average Bonchev–Trinajstić information content (AvgIpc) is 3.13. The Morgan fingerprint density at radius 1 is 1.09 bits per heavy atom. The third-order valence-electron chi connectivity index (χ3n) is 5.61. The molecule has 1 unspecified atom stereocenters. The summed E-state index contributed by atoms with van der Waals surface area (Å²) in [5.74, 6) is -0.353. The van der Waals surface area contributed by atoms with Gasteiger partial charge in [-0.25, -0.2) is 8.42 Å². The third kappa shape index (κ3) is 5.37. The summed E-state index contributed by atoms with van der Waals surface area (Å²) in [4.78, 5) is 26.5. The van der Waals surface area contributed by atoms with E-state index in [1.807, 2.05) is 45.9 Å². The summed E-state index contributed by atoms with van der Waals surface area (Å²) in [6.07, 6.45) is 0.958. The van der Waals surface area contributed by atoms with Crippen LogP contribution in [0.25, 0.3) is 0 Å². The molecule has 0 aliphatic carbocycles. The van der Waals surface area contributed by atoms with E-state index in [1.54, 1.807) is 17.0 Å². The number of sulfonamides is 1. The third-order valence-corrected chi connectivity index (χ3v) is 7.08. The van der Waals surface area contributed by atoms with Crippen LogP contribution < -0.4 is 14.9 Å². The van der Waals surface area contributed by atoms with Crippen LogP contribution in [0.4, 0.5) is 11.4 Å². The van der Waals surface area contributed by atoms with Gasteiger partial charge in [-0.15, -0.1) is 0 Å². The highest BCUT2D eigenvalue weighted by molar-refractivity contribution is 7.89. The van der Waals surface area contributed by atoms with Crippen molar-refractivity contribution in [2.75, 3.05) is 16.8 Å². The fourth-order valence-corrected chi connectivity index (χ4v) is 5.16. The van der Waals surface area contributed by atoms with Gasteiger partial charge < -0.3 is 10.2 Å². The smallest absolute Gasteiger partial charge is 0.242 e. The van der Waals surface area contributed by atoms with Crippen LogP contribution in [0.3, 0.4) is 0 Å². The second-order valence-electron chi connectivity index (χ2n) is 8.82. The zero-order chi connectivity index (χ0) is 23.6. The highest BCUT2D eigenvalue weighted by Crippen LogP contribution is 2.30. The Kier molecular flexibility index (Phi) is 7.05. The minimum absolute atomic E-state index is 0.0717. The van der Waals surface area contributed by atoms with E-state index in [2.05, 4.69) is 10.0 Å². The predicted octanol–water partition coefficient (Wildman–Crippen LogP) is 3.54. The minimum Gasteiger partial charge on any atom is -0.324 e. The molecule has 2 aromatic carbocycles. The monoisotopic (exact) mass is 457 g/mol. The number of hydrogen-bond acceptors (Lipinski definition) is 4. The number of fused-ring (bicyclic) bond motifs is 1. The molecule has 3 rings (SSSR count). The summed E-state index contributed by atoms with van der Waals surface area (Å²) in [7, 11) is -3.93. The van der Waals surface area contributed by atoms with E-state index in [1.165, 1.54) is 13.0 Å². The molecule has 1 heterocycles. The van der Waals surface area contributed by atoms with Crippen molar-refractivity contribution in [1.82, 2.24) is 4.72 Å². The maximum Gasteiger partial charge on any atom is 0.242 e. The number of anilines is 2. The standard InChI is InChI=1S/C24H31N3O4S/c1-15(2)12-22(24(29)25-21-13-16(3)6-7-17(21)4)26-32(30,31)20-8-9-23-19(14-20)10-11-27(23)18(5)28/h6-9,13-15,22,26H,10-12H2,1-5H3,(H,25,29). The van der Waals surface area contributed by atoms with Gasteiger partial charge in [-0.3, -0.25) is 9.59 Å². The Labute approximate surface area is 190 Å². The molecule has 2 aromatic rings. The Balaban J connectivity index is 1.84. The van der Waals surface area contributed by atoms with Crippen LogP contribution in [0.5, 0.6) is 0 Å². The van der Waals surface area contributed by atoms with Crippen molar-refractivity contribution in [3.63, 3.8) is 0 Å². The predicted molar refractivity (Wildman–Crippen MR) is 126 cm³/mol. The van der Waals surface area contributed by atoms with Crippen molar-refractivity contribution in [3.8, 4) is 0 Å². The Bertz CT molecular complexity index is 1140. The van der Waals surface area contributed by atoms with E-state index >= 15 is 0 Å². The second-order valence-corrected chi connectivity index (χ2v) is 10.5. The first-order chi connectivity index (χ1) is 15.0. The van der Waals surface area contributed by atoms with E-state index in [0.29, 0.717) is 25.1 Å². The largest absolute Gasteiger partial charge is 0.324 e. The second kappa shape index (κ2) is 9.42. The Hall–Kier alpha value is -2.71. The molecule has 32 heavy (non-hydrogen) atoms. The van der Waals surface area contributed by atoms with Gasteiger partial charge in [0.05, 0.1) is 4.90 Å². The first-order valence-electron chi connectivity index (χ1n) is 10.8. The number of nitrogens with one attached hydrogen (secondary N) is 2. The molecule has 2 amide bonds. The van der Waals surface area contributed by atoms with Crippen molar-refractivity contribution in [2.24, 2.45) is 5.92 Å². The Morgan fingerprint density at radius 2 is 1.81 bits per heavy atom. The van der Waals surface area contributed by atoms with Crippen LogP contribution in [0.2, 0.25) is 0 Å². The zero-order valence-electron chi connectivity index (χ0n) is 19.2. The first-order valence-corrected chi connectivity index (χ1v) is 12.3. The molecular formula is C24H31N3O4S. The van der Waals surface area contributed by atoms with E-state index < -0.39 is 16.1 Å². The topological polar surface area (TPSA) is 95.6 Å². The summed E-state index contributed by atoms with van der Waals surface area (Å²) >= 11 is 0. The van der Waals surface area contributed by atoms with Gasteiger partial charge in [0.25, 0.3) is 0 Å². The highest BCUT2D eigenvalue weighted by atomic mass is 32.2. The summed E-state index contributed by atoms with van der Waals surface area (Å²) in [6.45, 7) is 9.74. The van der Waals surface area contributed by atoms with E-state index in [0.717, 1.165) is 22.4 Å². The molecule has 1 aliphatic rings. The van der Waals surface area contributed by atoms with Gasteiger partial charge >= 0.3 is 0 Å². The van der Waals surface area contributed by atoms with Gasteiger partial charge in [0.2, 0.25) is 21.8 Å². The number of amides is 2. The fraction of sp³-hybridized carbons (Fsp3) is 0.417. The summed E-state index contributed by atoms with van der Waals surface area (Å²) in [5.41, 5.74) is 4.13. The molecule has 0 radical (unpaired) electrons. The summed E-state index contributed by atoms with van der Waals surface area (Å²) in [6, 6.07) is 9.57. The number of rotatable bonds is 7. The molecule has 1 aliphatic heterocycles. The zero-order valence-corrected chi connectivity index (χ0v) is 20.0. The molecule has 7 nitrogen and oxygen atoms in total. The van der Waals surface area contributed by atoms with Crippen molar-refractivity contribution >= 4 is 33.2 Å². The number of aryl methyl sites for hydroxylation is 2. The lowest BCUT2D eigenvalue weighted by atomic mass is 10.0. The normalized spacial score (nSPS) is 14.4. The molecular weight excluding hydrogens is 426 g/mol. The summed E-state index contributed by atoms with van der Waals surface area (Å²) in [5, 5.41) is 2.88. The number of nitrogens with zero attached hydrogens (tertiary/aromatic N) is 1. The summed E-state index contributed by atoms with van der Waals surface area (Å²) < 4.78 is 28.9. The van der Waals surface area contributed by atoms with Gasteiger partial charge in [0, 0.05) is 24.8 Å². The van der Waals surface area contributed by atoms with Gasteiger partial charge in [0.1, 0.15) is 6.04 Å². The molecule has 0 saturated carbocycles. The lowest BCUT2D eigenvalue weighted by Crippen LogP contribution is -2.44. The van der Waals surface area contributed by atoms with E-state index in [9.17, 15) is 18.0 Å². The van der Waals surface area contributed by atoms with Crippen LogP contribution in [-0.4, -0.2) is 32.8 Å². The minimum atomic E-state index is -3.93. The molecule has 0 bridgehead atoms. The number of carbonyl (C=O) groups is 2. The van der Waals surface area contributed by atoms with Gasteiger partial charge in [-0.2, -0.15) is 4.72 Å². The maximum absolute atomic E-state index is 13.1. The molecule has 0 fully saturated rings. The van der Waals surface area contributed by atoms with Crippen molar-refractivity contribution < 1.29 is 18.0 Å². The molecule has 172 valence electrons. The molecule has 0 spiro atoms. The van der Waals surface area contributed by atoms with Crippen molar-refractivity contribution in [3.05, 3.63) is 53.1 Å². The maximum atomic E-state index is 13.1. The number of hydrogen-bond donors (Lipinski definition) is 2. The molecule has 0 aromatic heterocycles. The van der Waals surface area contributed by atoms with Crippen LogP contribution in [0.15, 0.2) is 41.3 Å². The van der Waals surface area contributed by atoms with Crippen LogP contribution in [0, 0.1) is 19.8 Å². The van der Waals surface area contributed by atoms with Gasteiger partial charge in [-0.1, -0.05) is 26.0 Å². The van der Waals surface area contributed by atoms with Crippen LogP contribution >= 0.6 is 0 Å². The van der Waals surface area contributed by atoms with Crippen molar-refractivity contribution in [2.45, 2.75) is 58.4 Å². The first kappa shape index (κ1) is 23.9. The van der Waals surface area contributed by atoms with Crippen LogP contribution in [0.1, 0.15) is 43.9 Å². The van der Waals surface area contributed by atoms with Gasteiger partial charge in [-0.05, 0) is 73.6 Å². The molecule has 1 atom stereocenters. The molecule has 2 N–H and O–H groups in total. The quantitative estimate of drug-likeness (QED) is 0.665. The van der Waals surface area contributed by atoms with E-state index in [4.69, 9.17) is 0 Å². The van der Waals surface area contributed by atoms with Gasteiger partial charge in [0.15, 0.2) is 0 Å². The lowest BCUT2D eigenvalue weighted by Gasteiger charge is -2.21. The van der Waals surface area contributed by atoms with Crippen molar-refractivity contribution in [1.29, 1.82) is 0 Å². The highest BCUT2D eigenvalue weighted by Gasteiger charge is 2.29. The number of benzene rings is 2. The Morgan fingerprint density at radius 3 is 2.47 bits per heavy atom. The average molecular weight is 458 g/mol. The number of carbonyl (C=O) groups excluding carboxylic acids is 2.